The van der Waals surface area contributed by atoms with Crippen LogP contribution in [0.2, 0.25) is 0 Å². The molecule has 124 valence electrons. The topological polar surface area (TPSA) is 31.9 Å². The molecule has 0 saturated carbocycles. The van der Waals surface area contributed by atoms with E-state index in [0.29, 0.717) is 0 Å². The Morgan fingerprint density at radius 2 is 1.92 bits per heavy atom. The molecular weight excluding hydrogens is 314 g/mol. The molecule has 0 amide bonds. The number of pyridine rings is 1. The van der Waals surface area contributed by atoms with E-state index in [1.54, 1.807) is 0 Å². The van der Waals surface area contributed by atoms with Crippen LogP contribution in [0, 0.1) is 6.92 Å². The van der Waals surface area contributed by atoms with E-state index >= 15 is 0 Å². The number of piperidine rings is 1. The minimum absolute atomic E-state index is 0.898. The number of hydrogen-bond acceptors (Lipinski definition) is 3. The van der Waals surface area contributed by atoms with E-state index in [9.17, 15) is 0 Å². The number of anilines is 1. The highest BCUT2D eigenvalue weighted by molar-refractivity contribution is 7.98. The van der Waals surface area contributed by atoms with Crippen LogP contribution < -0.4 is 4.90 Å². The SMILES string of the molecule is Cc1cc(N2CCCCC2)cc(CSc2cc3ccccc3[nH]2)n1. The van der Waals surface area contributed by atoms with Crippen LogP contribution in [-0.2, 0) is 5.75 Å². The van der Waals surface area contributed by atoms with Crippen LogP contribution in [-0.4, -0.2) is 23.1 Å². The molecule has 3 heterocycles. The minimum Gasteiger partial charge on any atom is -0.371 e. The molecule has 1 N–H and O–H groups in total. The fourth-order valence-corrected chi connectivity index (χ4v) is 4.25. The predicted molar refractivity (Wildman–Crippen MR) is 103 cm³/mol. The Hall–Kier alpha value is -1.94. The van der Waals surface area contributed by atoms with Gasteiger partial charge in [0, 0.05) is 41.1 Å². The molecule has 0 spiro atoms. The van der Waals surface area contributed by atoms with Gasteiger partial charge < -0.3 is 9.88 Å². The molecule has 0 radical (unpaired) electrons. The van der Waals surface area contributed by atoms with Gasteiger partial charge in [0.25, 0.3) is 0 Å². The molecule has 0 aliphatic carbocycles. The maximum Gasteiger partial charge on any atom is 0.0736 e. The molecule has 1 aliphatic rings. The molecule has 1 saturated heterocycles. The van der Waals surface area contributed by atoms with Crippen molar-refractivity contribution in [3.8, 4) is 0 Å². The fraction of sp³-hybridized carbons (Fsp3) is 0.350. The van der Waals surface area contributed by atoms with E-state index in [1.165, 1.54) is 59.7 Å². The van der Waals surface area contributed by atoms with Crippen molar-refractivity contribution in [3.63, 3.8) is 0 Å². The summed E-state index contributed by atoms with van der Waals surface area (Å²) in [4.78, 5) is 10.7. The summed E-state index contributed by atoms with van der Waals surface area (Å²) in [6, 6.07) is 15.1. The van der Waals surface area contributed by atoms with Gasteiger partial charge in [-0.25, -0.2) is 0 Å². The van der Waals surface area contributed by atoms with Crippen LogP contribution in [0.15, 0.2) is 47.5 Å². The molecule has 0 unspecified atom stereocenters. The van der Waals surface area contributed by atoms with Gasteiger partial charge in [0.05, 0.1) is 10.7 Å². The molecule has 0 atom stereocenters. The first-order valence-corrected chi connectivity index (χ1v) is 9.69. The summed E-state index contributed by atoms with van der Waals surface area (Å²) in [6.45, 7) is 4.46. The molecular formula is C20H23N3S. The summed E-state index contributed by atoms with van der Waals surface area (Å²) < 4.78 is 0. The Balaban J connectivity index is 1.50. The lowest BCUT2D eigenvalue weighted by Crippen LogP contribution is -2.29. The maximum atomic E-state index is 4.74. The molecule has 1 aromatic carbocycles. The standard InChI is InChI=1S/C20H23N3S/c1-15-11-18(23-9-5-2-6-10-23)13-17(21-15)14-24-20-12-16-7-3-4-8-19(16)22-20/h3-4,7-8,11-13,22H,2,5-6,9-10,14H2,1H3. The molecule has 4 rings (SSSR count). The third kappa shape index (κ3) is 3.44. The zero-order valence-corrected chi connectivity index (χ0v) is 14.9. The highest BCUT2D eigenvalue weighted by atomic mass is 32.2. The Bertz CT molecular complexity index is 801. The van der Waals surface area contributed by atoms with Gasteiger partial charge in [-0.05, 0) is 50.5 Å². The normalized spacial score (nSPS) is 15.1. The Morgan fingerprint density at radius 1 is 1.08 bits per heavy atom. The lowest BCUT2D eigenvalue weighted by atomic mass is 10.1. The first kappa shape index (κ1) is 15.6. The number of rotatable bonds is 4. The van der Waals surface area contributed by atoms with Crippen molar-refractivity contribution in [2.75, 3.05) is 18.0 Å². The van der Waals surface area contributed by atoms with Crippen LogP contribution in [0.25, 0.3) is 10.9 Å². The third-order valence-electron chi connectivity index (χ3n) is 4.59. The Labute approximate surface area is 147 Å². The van der Waals surface area contributed by atoms with Crippen molar-refractivity contribution in [3.05, 3.63) is 53.9 Å². The van der Waals surface area contributed by atoms with Gasteiger partial charge in [0.2, 0.25) is 0 Å². The van der Waals surface area contributed by atoms with E-state index in [2.05, 4.69) is 59.3 Å². The Kier molecular flexibility index (Phi) is 4.48. The molecule has 0 bridgehead atoms. The highest BCUT2D eigenvalue weighted by Gasteiger charge is 2.12. The minimum atomic E-state index is 0.898. The predicted octanol–water partition coefficient (Wildman–Crippen LogP) is 5.15. The van der Waals surface area contributed by atoms with Gasteiger partial charge in [0.15, 0.2) is 0 Å². The molecule has 1 aliphatic heterocycles. The smallest absolute Gasteiger partial charge is 0.0736 e. The summed E-state index contributed by atoms with van der Waals surface area (Å²) in [6.07, 6.45) is 3.98. The van der Waals surface area contributed by atoms with E-state index in [1.807, 2.05) is 11.8 Å². The summed E-state index contributed by atoms with van der Waals surface area (Å²) in [5, 5.41) is 2.48. The number of fused-ring (bicyclic) bond motifs is 1. The van der Waals surface area contributed by atoms with Crippen molar-refractivity contribution in [2.45, 2.75) is 37.0 Å². The molecule has 24 heavy (non-hydrogen) atoms. The van der Waals surface area contributed by atoms with E-state index in [4.69, 9.17) is 4.98 Å². The fourth-order valence-electron chi connectivity index (χ4n) is 3.40. The lowest BCUT2D eigenvalue weighted by molar-refractivity contribution is 0.577. The number of aromatic nitrogens is 2. The second-order valence-corrected chi connectivity index (χ2v) is 7.53. The van der Waals surface area contributed by atoms with Crippen LogP contribution in [0.1, 0.15) is 30.7 Å². The molecule has 1 fully saturated rings. The summed E-state index contributed by atoms with van der Waals surface area (Å²) >= 11 is 1.83. The number of nitrogens with one attached hydrogen (secondary N) is 1. The van der Waals surface area contributed by atoms with Crippen molar-refractivity contribution in [1.82, 2.24) is 9.97 Å². The van der Waals surface area contributed by atoms with Crippen molar-refractivity contribution < 1.29 is 0 Å². The van der Waals surface area contributed by atoms with Crippen LogP contribution in [0.4, 0.5) is 5.69 Å². The quantitative estimate of drug-likeness (QED) is 0.668. The Morgan fingerprint density at radius 3 is 2.75 bits per heavy atom. The molecule has 2 aromatic heterocycles. The van der Waals surface area contributed by atoms with Crippen molar-refractivity contribution in [2.24, 2.45) is 0 Å². The summed E-state index contributed by atoms with van der Waals surface area (Å²) in [7, 11) is 0. The van der Waals surface area contributed by atoms with Gasteiger partial charge >= 0.3 is 0 Å². The van der Waals surface area contributed by atoms with Gasteiger partial charge in [0.1, 0.15) is 0 Å². The molecule has 3 aromatic rings. The number of thioether (sulfide) groups is 1. The summed E-state index contributed by atoms with van der Waals surface area (Å²) in [5.41, 5.74) is 4.82. The number of benzene rings is 1. The highest BCUT2D eigenvalue weighted by Crippen LogP contribution is 2.28. The largest absolute Gasteiger partial charge is 0.371 e. The third-order valence-corrected chi connectivity index (χ3v) is 5.56. The lowest BCUT2D eigenvalue weighted by Gasteiger charge is -2.29. The van der Waals surface area contributed by atoms with Gasteiger partial charge in [-0.1, -0.05) is 18.2 Å². The van der Waals surface area contributed by atoms with E-state index < -0.39 is 0 Å². The second kappa shape index (κ2) is 6.89. The number of aryl methyl sites for hydroxylation is 1. The van der Waals surface area contributed by atoms with Gasteiger partial charge in [-0.2, -0.15) is 0 Å². The van der Waals surface area contributed by atoms with Crippen LogP contribution >= 0.6 is 11.8 Å². The zero-order valence-electron chi connectivity index (χ0n) is 14.1. The van der Waals surface area contributed by atoms with E-state index in [0.717, 1.165) is 11.4 Å². The zero-order chi connectivity index (χ0) is 16.4. The molecule has 4 heteroatoms. The first-order chi connectivity index (χ1) is 11.8. The number of hydrogen-bond donors (Lipinski definition) is 1. The first-order valence-electron chi connectivity index (χ1n) is 8.71. The number of nitrogens with zero attached hydrogens (tertiary/aromatic N) is 2. The molecule has 3 nitrogen and oxygen atoms in total. The van der Waals surface area contributed by atoms with Crippen LogP contribution in [0.3, 0.4) is 0 Å². The number of aromatic amines is 1. The number of H-pyrrole nitrogens is 1. The maximum absolute atomic E-state index is 4.74. The van der Waals surface area contributed by atoms with Gasteiger partial charge in [-0.3, -0.25) is 4.98 Å². The summed E-state index contributed by atoms with van der Waals surface area (Å²) in [5.74, 6) is 0.898. The van der Waals surface area contributed by atoms with Crippen molar-refractivity contribution >= 4 is 28.4 Å². The number of para-hydroxylation sites is 1. The monoisotopic (exact) mass is 337 g/mol. The second-order valence-electron chi connectivity index (χ2n) is 6.52. The average Bonchev–Trinajstić information content (AvgIpc) is 3.03. The average molecular weight is 337 g/mol. The van der Waals surface area contributed by atoms with Gasteiger partial charge in [-0.15, -0.1) is 11.8 Å². The van der Waals surface area contributed by atoms with Crippen LogP contribution in [0.5, 0.6) is 0 Å². The van der Waals surface area contributed by atoms with E-state index in [-0.39, 0.29) is 0 Å². The van der Waals surface area contributed by atoms with Crippen molar-refractivity contribution in [1.29, 1.82) is 0 Å².